The summed E-state index contributed by atoms with van der Waals surface area (Å²) in [6.45, 7) is 0.646. The first kappa shape index (κ1) is 9.54. The molecule has 16 heavy (non-hydrogen) atoms. The second-order valence-corrected chi connectivity index (χ2v) is 4.04. The average molecular weight is 230 g/mol. The molecule has 2 heterocycles. The molecule has 0 atom stereocenters. The van der Waals surface area contributed by atoms with Crippen LogP contribution in [-0.2, 0) is 6.42 Å². The van der Waals surface area contributed by atoms with Crippen molar-refractivity contribution in [3.05, 3.63) is 40.8 Å². The van der Waals surface area contributed by atoms with Gasteiger partial charge in [-0.05, 0) is 12.1 Å². The Hall–Kier alpha value is -1.68. The van der Waals surface area contributed by atoms with Gasteiger partial charge in [0.1, 0.15) is 10.4 Å². The molecule has 1 aliphatic rings. The normalized spacial score (nSPS) is 13.2. The van der Waals surface area contributed by atoms with Crippen LogP contribution in [0.4, 0.5) is 0 Å². The van der Waals surface area contributed by atoms with E-state index in [1.165, 1.54) is 0 Å². The molecule has 1 N–H and O–H groups in total. The SMILES string of the molecule is S=c1nc[nH]c2c1CCOc1ccccc1-2. The van der Waals surface area contributed by atoms with Crippen molar-refractivity contribution in [2.75, 3.05) is 6.61 Å². The standard InChI is InChI=1S/C12H10N2OS/c16-12-9-5-6-15-10-4-2-1-3-8(10)11(9)13-7-14-12/h1-4,7H,5-6H2,(H,13,14,16). The van der Waals surface area contributed by atoms with Crippen molar-refractivity contribution in [1.82, 2.24) is 9.97 Å². The Labute approximate surface area is 98.1 Å². The summed E-state index contributed by atoms with van der Waals surface area (Å²) in [5.41, 5.74) is 3.17. The number of aromatic nitrogens is 2. The lowest BCUT2D eigenvalue weighted by Gasteiger charge is -2.07. The van der Waals surface area contributed by atoms with Crippen LogP contribution in [-0.4, -0.2) is 16.6 Å². The molecule has 0 bridgehead atoms. The molecule has 0 saturated carbocycles. The fourth-order valence-electron chi connectivity index (χ4n) is 1.96. The predicted molar refractivity (Wildman–Crippen MR) is 64.1 cm³/mol. The van der Waals surface area contributed by atoms with Gasteiger partial charge in [0.25, 0.3) is 0 Å². The topological polar surface area (TPSA) is 37.9 Å². The maximum atomic E-state index is 5.69. The van der Waals surface area contributed by atoms with E-state index < -0.39 is 0 Å². The molecule has 1 aromatic heterocycles. The zero-order valence-corrected chi connectivity index (χ0v) is 9.38. The van der Waals surface area contributed by atoms with Crippen LogP contribution in [0.25, 0.3) is 11.3 Å². The van der Waals surface area contributed by atoms with E-state index in [4.69, 9.17) is 17.0 Å². The summed E-state index contributed by atoms with van der Waals surface area (Å²) in [5.74, 6) is 0.901. The molecule has 4 heteroatoms. The van der Waals surface area contributed by atoms with Gasteiger partial charge in [0, 0.05) is 17.5 Å². The molecular weight excluding hydrogens is 220 g/mol. The molecule has 0 spiro atoms. The first-order valence-electron chi connectivity index (χ1n) is 5.15. The van der Waals surface area contributed by atoms with Crippen molar-refractivity contribution in [3.63, 3.8) is 0 Å². The lowest BCUT2D eigenvalue weighted by molar-refractivity contribution is 0.326. The molecular formula is C12H10N2OS. The van der Waals surface area contributed by atoms with Crippen molar-refractivity contribution < 1.29 is 4.74 Å². The number of ether oxygens (including phenoxy) is 1. The monoisotopic (exact) mass is 230 g/mol. The van der Waals surface area contributed by atoms with Crippen molar-refractivity contribution >= 4 is 12.2 Å². The number of fused-ring (bicyclic) bond motifs is 3. The fraction of sp³-hybridized carbons (Fsp3) is 0.167. The maximum Gasteiger partial charge on any atom is 0.133 e. The Morgan fingerprint density at radius 3 is 3.12 bits per heavy atom. The number of para-hydroxylation sites is 1. The second kappa shape index (κ2) is 3.72. The Morgan fingerprint density at radius 2 is 2.19 bits per heavy atom. The number of hydrogen-bond donors (Lipinski definition) is 1. The Balaban J connectivity index is 2.34. The molecule has 0 amide bonds. The highest BCUT2D eigenvalue weighted by Gasteiger charge is 2.16. The summed E-state index contributed by atoms with van der Waals surface area (Å²) in [4.78, 5) is 7.28. The number of rotatable bonds is 0. The van der Waals surface area contributed by atoms with Crippen LogP contribution in [0.5, 0.6) is 5.75 Å². The molecule has 2 aromatic rings. The van der Waals surface area contributed by atoms with Crippen molar-refractivity contribution in [1.29, 1.82) is 0 Å². The van der Waals surface area contributed by atoms with Gasteiger partial charge in [-0.25, -0.2) is 4.98 Å². The Bertz CT molecular complexity index is 592. The summed E-state index contributed by atoms with van der Waals surface area (Å²) in [6.07, 6.45) is 2.44. The van der Waals surface area contributed by atoms with Crippen LogP contribution in [0.3, 0.4) is 0 Å². The summed E-state index contributed by atoms with van der Waals surface area (Å²) >= 11 is 5.24. The molecule has 0 radical (unpaired) electrons. The first-order valence-corrected chi connectivity index (χ1v) is 5.56. The van der Waals surface area contributed by atoms with Crippen LogP contribution in [0.2, 0.25) is 0 Å². The lowest BCUT2D eigenvalue weighted by Crippen LogP contribution is -2.00. The van der Waals surface area contributed by atoms with E-state index in [0.29, 0.717) is 11.2 Å². The number of benzene rings is 1. The third kappa shape index (κ3) is 1.42. The minimum absolute atomic E-state index is 0.646. The highest BCUT2D eigenvalue weighted by atomic mass is 32.1. The van der Waals surface area contributed by atoms with E-state index in [1.54, 1.807) is 6.33 Å². The Kier molecular flexibility index (Phi) is 2.22. The minimum Gasteiger partial charge on any atom is -0.493 e. The molecule has 3 nitrogen and oxygen atoms in total. The molecule has 1 aromatic carbocycles. The number of nitrogens with one attached hydrogen (secondary N) is 1. The van der Waals surface area contributed by atoms with E-state index in [0.717, 1.165) is 29.0 Å². The van der Waals surface area contributed by atoms with E-state index >= 15 is 0 Å². The van der Waals surface area contributed by atoms with Gasteiger partial charge in [-0.2, -0.15) is 0 Å². The third-order valence-corrected chi connectivity index (χ3v) is 3.07. The molecule has 0 unspecified atom stereocenters. The second-order valence-electron chi connectivity index (χ2n) is 3.66. The van der Waals surface area contributed by atoms with Crippen LogP contribution in [0.15, 0.2) is 30.6 Å². The van der Waals surface area contributed by atoms with Gasteiger partial charge in [0.2, 0.25) is 0 Å². The number of aromatic amines is 1. The summed E-state index contributed by atoms with van der Waals surface area (Å²) < 4.78 is 6.35. The molecule has 0 saturated heterocycles. The first-order chi connectivity index (χ1) is 7.86. The predicted octanol–water partition coefficient (Wildman–Crippen LogP) is 2.74. The van der Waals surface area contributed by atoms with Crippen LogP contribution >= 0.6 is 12.2 Å². The highest BCUT2D eigenvalue weighted by Crippen LogP contribution is 2.33. The number of nitrogens with zero attached hydrogens (tertiary/aromatic N) is 1. The summed E-state index contributed by atoms with van der Waals surface area (Å²) in [6, 6.07) is 7.97. The molecule has 3 rings (SSSR count). The van der Waals surface area contributed by atoms with E-state index in [-0.39, 0.29) is 0 Å². The van der Waals surface area contributed by atoms with Gasteiger partial charge in [0.15, 0.2) is 0 Å². The van der Waals surface area contributed by atoms with E-state index in [9.17, 15) is 0 Å². The van der Waals surface area contributed by atoms with Gasteiger partial charge < -0.3 is 9.72 Å². The largest absolute Gasteiger partial charge is 0.493 e. The van der Waals surface area contributed by atoms with Gasteiger partial charge in [-0.15, -0.1) is 0 Å². The molecule has 0 fully saturated rings. The van der Waals surface area contributed by atoms with Crippen LogP contribution in [0.1, 0.15) is 5.56 Å². The smallest absolute Gasteiger partial charge is 0.133 e. The minimum atomic E-state index is 0.646. The Morgan fingerprint density at radius 1 is 1.31 bits per heavy atom. The molecule has 0 aliphatic carbocycles. The fourth-order valence-corrected chi connectivity index (χ4v) is 2.22. The summed E-state index contributed by atoms with van der Waals surface area (Å²) in [5, 5.41) is 0. The number of hydrogen-bond acceptors (Lipinski definition) is 3. The van der Waals surface area contributed by atoms with Gasteiger partial charge in [0.05, 0.1) is 18.6 Å². The zero-order chi connectivity index (χ0) is 11.0. The quantitative estimate of drug-likeness (QED) is 0.707. The summed E-state index contributed by atoms with van der Waals surface area (Å²) in [7, 11) is 0. The van der Waals surface area contributed by atoms with Crippen LogP contribution < -0.4 is 4.74 Å². The van der Waals surface area contributed by atoms with Gasteiger partial charge in [-0.3, -0.25) is 0 Å². The van der Waals surface area contributed by atoms with Gasteiger partial charge >= 0.3 is 0 Å². The van der Waals surface area contributed by atoms with Crippen molar-refractivity contribution in [2.24, 2.45) is 0 Å². The van der Waals surface area contributed by atoms with E-state index in [2.05, 4.69) is 9.97 Å². The van der Waals surface area contributed by atoms with Gasteiger partial charge in [-0.1, -0.05) is 24.4 Å². The van der Waals surface area contributed by atoms with Crippen molar-refractivity contribution in [2.45, 2.75) is 6.42 Å². The third-order valence-electron chi connectivity index (χ3n) is 2.72. The van der Waals surface area contributed by atoms with Crippen molar-refractivity contribution in [3.8, 4) is 17.0 Å². The zero-order valence-electron chi connectivity index (χ0n) is 8.56. The highest BCUT2D eigenvalue weighted by molar-refractivity contribution is 7.71. The number of H-pyrrole nitrogens is 1. The molecule has 80 valence electrons. The van der Waals surface area contributed by atoms with E-state index in [1.807, 2.05) is 24.3 Å². The maximum absolute atomic E-state index is 5.69. The average Bonchev–Trinajstić information content (AvgIpc) is 2.50. The lowest BCUT2D eigenvalue weighted by atomic mass is 10.1. The molecule has 1 aliphatic heterocycles. The van der Waals surface area contributed by atoms with Crippen LogP contribution in [0, 0.1) is 4.64 Å².